The Bertz CT molecular complexity index is 495. The molecule has 1 aromatic rings. The van der Waals surface area contributed by atoms with Gasteiger partial charge in [-0.2, -0.15) is 0 Å². The Morgan fingerprint density at radius 2 is 1.95 bits per heavy atom. The molecule has 0 aromatic heterocycles. The summed E-state index contributed by atoms with van der Waals surface area (Å²) in [6.07, 6.45) is 0. The number of amides is 1. The van der Waals surface area contributed by atoms with Gasteiger partial charge >= 0.3 is 0 Å². The first-order chi connectivity index (χ1) is 8.90. The summed E-state index contributed by atoms with van der Waals surface area (Å²) in [5.41, 5.74) is 2.01. The minimum Gasteiger partial charge on any atom is -0.345 e. The van der Waals surface area contributed by atoms with Crippen LogP contribution in [0.15, 0.2) is 22.7 Å². The number of benzene rings is 1. The first-order valence-corrected chi connectivity index (χ1v) is 7.56. The lowest BCUT2D eigenvalue weighted by Crippen LogP contribution is -2.52. The Hall–Kier alpha value is -0.870. The minimum absolute atomic E-state index is 0.0966. The molecule has 0 fully saturated rings. The Morgan fingerprint density at radius 1 is 1.32 bits per heavy atom. The maximum absolute atomic E-state index is 12.5. The summed E-state index contributed by atoms with van der Waals surface area (Å²) < 4.78 is 1.02. The first-order valence-electron chi connectivity index (χ1n) is 6.76. The highest BCUT2D eigenvalue weighted by Gasteiger charge is 2.39. The summed E-state index contributed by atoms with van der Waals surface area (Å²) in [4.78, 5) is 14.7. The molecule has 4 heteroatoms. The van der Waals surface area contributed by atoms with Crippen LogP contribution in [0, 0.1) is 0 Å². The molecule has 3 nitrogen and oxygen atoms in total. The number of hydrogen-bond acceptors (Lipinski definition) is 2. The number of likely N-dealkylation sites (N-methyl/N-ethyl adjacent to an activating group) is 1. The molecule has 0 bridgehead atoms. The SMILES string of the molecule is CCN(CC)C1C(=O)NC(C)(C)c2ccc(Br)cc21. The molecular weight excluding hydrogens is 304 g/mol. The van der Waals surface area contributed by atoms with Crippen LogP contribution < -0.4 is 5.32 Å². The molecule has 1 aliphatic rings. The standard InChI is InChI=1S/C15H21BrN2O/c1-5-18(6-2)13-11-9-10(16)7-8-12(11)15(3,4)17-14(13)19/h7-9,13H,5-6H2,1-4H3,(H,17,19). The van der Waals surface area contributed by atoms with Gasteiger partial charge in [-0.1, -0.05) is 35.8 Å². The molecule has 0 saturated carbocycles. The molecule has 1 atom stereocenters. The third-order valence-electron chi connectivity index (χ3n) is 3.84. The van der Waals surface area contributed by atoms with Crippen LogP contribution in [0.25, 0.3) is 0 Å². The van der Waals surface area contributed by atoms with E-state index >= 15 is 0 Å². The summed E-state index contributed by atoms with van der Waals surface area (Å²) in [5, 5.41) is 3.13. The summed E-state index contributed by atoms with van der Waals surface area (Å²) in [7, 11) is 0. The van der Waals surface area contributed by atoms with Crippen molar-refractivity contribution in [3.63, 3.8) is 0 Å². The van der Waals surface area contributed by atoms with Crippen molar-refractivity contribution in [2.75, 3.05) is 13.1 Å². The Morgan fingerprint density at radius 3 is 2.53 bits per heavy atom. The molecule has 1 aromatic carbocycles. The van der Waals surface area contributed by atoms with Crippen LogP contribution in [0.1, 0.15) is 44.9 Å². The van der Waals surface area contributed by atoms with Gasteiger partial charge in [-0.25, -0.2) is 0 Å². The fourth-order valence-electron chi connectivity index (χ4n) is 2.87. The van der Waals surface area contributed by atoms with E-state index in [0.29, 0.717) is 0 Å². The van der Waals surface area contributed by atoms with Gasteiger partial charge in [0.05, 0.1) is 5.54 Å². The van der Waals surface area contributed by atoms with Crippen LogP contribution >= 0.6 is 15.9 Å². The monoisotopic (exact) mass is 324 g/mol. The molecule has 1 N–H and O–H groups in total. The number of hydrogen-bond donors (Lipinski definition) is 1. The van der Waals surface area contributed by atoms with Crippen molar-refractivity contribution >= 4 is 21.8 Å². The fourth-order valence-corrected chi connectivity index (χ4v) is 3.24. The van der Waals surface area contributed by atoms with Crippen molar-refractivity contribution in [2.24, 2.45) is 0 Å². The van der Waals surface area contributed by atoms with E-state index < -0.39 is 0 Å². The Labute approximate surface area is 123 Å². The smallest absolute Gasteiger partial charge is 0.242 e. The number of nitrogens with one attached hydrogen (secondary N) is 1. The van der Waals surface area contributed by atoms with Crippen molar-refractivity contribution < 1.29 is 4.79 Å². The van der Waals surface area contributed by atoms with E-state index in [0.717, 1.165) is 23.1 Å². The largest absolute Gasteiger partial charge is 0.345 e. The van der Waals surface area contributed by atoms with Gasteiger partial charge in [0.1, 0.15) is 6.04 Å². The molecule has 0 aliphatic carbocycles. The lowest BCUT2D eigenvalue weighted by molar-refractivity contribution is -0.129. The van der Waals surface area contributed by atoms with Crippen LogP contribution in [0.4, 0.5) is 0 Å². The molecule has 19 heavy (non-hydrogen) atoms. The maximum Gasteiger partial charge on any atom is 0.242 e. The second-order valence-electron chi connectivity index (χ2n) is 5.47. The fraction of sp³-hybridized carbons (Fsp3) is 0.533. The maximum atomic E-state index is 12.5. The van der Waals surface area contributed by atoms with Crippen LogP contribution in [0.5, 0.6) is 0 Å². The lowest BCUT2D eigenvalue weighted by atomic mass is 9.82. The summed E-state index contributed by atoms with van der Waals surface area (Å²) in [6.45, 7) is 10.0. The van der Waals surface area contributed by atoms with Crippen LogP contribution in [-0.4, -0.2) is 23.9 Å². The van der Waals surface area contributed by atoms with E-state index in [2.05, 4.69) is 66.0 Å². The quantitative estimate of drug-likeness (QED) is 0.926. The second kappa shape index (κ2) is 5.25. The zero-order chi connectivity index (χ0) is 14.2. The summed E-state index contributed by atoms with van der Waals surface area (Å²) in [6, 6.07) is 6.04. The van der Waals surface area contributed by atoms with Gasteiger partial charge in [-0.3, -0.25) is 9.69 Å². The van der Waals surface area contributed by atoms with Crippen LogP contribution in [-0.2, 0) is 10.3 Å². The van der Waals surface area contributed by atoms with E-state index in [9.17, 15) is 4.79 Å². The number of halogens is 1. The average Bonchev–Trinajstić information content (AvgIpc) is 2.33. The van der Waals surface area contributed by atoms with Crippen LogP contribution in [0.2, 0.25) is 0 Å². The molecule has 1 unspecified atom stereocenters. The second-order valence-corrected chi connectivity index (χ2v) is 6.39. The molecule has 1 aliphatic heterocycles. The number of fused-ring (bicyclic) bond motifs is 1. The average molecular weight is 325 g/mol. The van der Waals surface area contributed by atoms with E-state index in [4.69, 9.17) is 0 Å². The predicted molar refractivity (Wildman–Crippen MR) is 81.0 cm³/mol. The zero-order valence-electron chi connectivity index (χ0n) is 12.0. The van der Waals surface area contributed by atoms with Crippen LogP contribution in [0.3, 0.4) is 0 Å². The molecule has 104 valence electrons. The lowest BCUT2D eigenvalue weighted by Gasteiger charge is -2.41. The van der Waals surface area contributed by atoms with Gasteiger partial charge < -0.3 is 5.32 Å². The highest BCUT2D eigenvalue weighted by molar-refractivity contribution is 9.10. The number of carbonyl (C=O) groups excluding carboxylic acids is 1. The van der Waals surface area contributed by atoms with Crippen molar-refractivity contribution in [2.45, 2.75) is 39.3 Å². The molecule has 0 spiro atoms. The predicted octanol–water partition coefficient (Wildman–Crippen LogP) is 3.20. The molecular formula is C15H21BrN2O. The third-order valence-corrected chi connectivity index (χ3v) is 4.34. The molecule has 1 heterocycles. The molecule has 0 saturated heterocycles. The highest BCUT2D eigenvalue weighted by atomic mass is 79.9. The van der Waals surface area contributed by atoms with Crippen molar-refractivity contribution in [1.82, 2.24) is 10.2 Å². The summed E-state index contributed by atoms with van der Waals surface area (Å²) >= 11 is 3.52. The Balaban J connectivity index is 2.58. The topological polar surface area (TPSA) is 32.3 Å². The van der Waals surface area contributed by atoms with Crippen molar-refractivity contribution in [3.8, 4) is 0 Å². The number of carbonyl (C=O) groups is 1. The number of nitrogens with zero attached hydrogens (tertiary/aromatic N) is 1. The van der Waals surface area contributed by atoms with Gasteiger partial charge in [-0.05, 0) is 50.2 Å². The van der Waals surface area contributed by atoms with E-state index in [-0.39, 0.29) is 17.5 Å². The third kappa shape index (κ3) is 2.56. The van der Waals surface area contributed by atoms with Gasteiger partial charge in [0.25, 0.3) is 0 Å². The normalized spacial score (nSPS) is 21.2. The molecule has 2 rings (SSSR count). The van der Waals surface area contributed by atoms with Gasteiger partial charge in [0, 0.05) is 4.47 Å². The number of rotatable bonds is 3. The van der Waals surface area contributed by atoms with Gasteiger partial charge in [0.15, 0.2) is 0 Å². The summed E-state index contributed by atoms with van der Waals surface area (Å²) in [5.74, 6) is 0.0966. The van der Waals surface area contributed by atoms with E-state index in [1.807, 2.05) is 6.07 Å². The molecule has 0 radical (unpaired) electrons. The van der Waals surface area contributed by atoms with E-state index in [1.54, 1.807) is 0 Å². The van der Waals surface area contributed by atoms with Gasteiger partial charge in [-0.15, -0.1) is 0 Å². The van der Waals surface area contributed by atoms with Crippen molar-refractivity contribution in [3.05, 3.63) is 33.8 Å². The van der Waals surface area contributed by atoms with E-state index in [1.165, 1.54) is 5.56 Å². The zero-order valence-corrected chi connectivity index (χ0v) is 13.5. The van der Waals surface area contributed by atoms with Crippen molar-refractivity contribution in [1.29, 1.82) is 0 Å². The highest BCUT2D eigenvalue weighted by Crippen LogP contribution is 2.37. The van der Waals surface area contributed by atoms with Gasteiger partial charge in [0.2, 0.25) is 5.91 Å². The minimum atomic E-state index is -0.309. The molecule has 1 amide bonds. The first kappa shape index (κ1) is 14.5. The Kier molecular flexibility index (Phi) is 4.02.